The van der Waals surface area contributed by atoms with Gasteiger partial charge in [-0.3, -0.25) is 0 Å². The van der Waals surface area contributed by atoms with Crippen LogP contribution in [0, 0.1) is 0 Å². The van der Waals surface area contributed by atoms with Crippen LogP contribution in [0.15, 0.2) is 47.4 Å². The van der Waals surface area contributed by atoms with Crippen molar-refractivity contribution in [1.29, 1.82) is 0 Å². The van der Waals surface area contributed by atoms with Gasteiger partial charge in [-0.25, -0.2) is 0 Å². The van der Waals surface area contributed by atoms with Crippen molar-refractivity contribution in [2.45, 2.75) is 37.3 Å². The molecule has 0 bridgehead atoms. The molecule has 0 aliphatic carbocycles. The van der Waals surface area contributed by atoms with Crippen LogP contribution in [0.5, 0.6) is 5.75 Å². The lowest BCUT2D eigenvalue weighted by atomic mass is 10.0. The van der Waals surface area contributed by atoms with Gasteiger partial charge in [-0.1, -0.05) is 30.3 Å². The maximum absolute atomic E-state index is 6.13. The van der Waals surface area contributed by atoms with Crippen LogP contribution < -0.4 is 10.1 Å². The Hall–Kier alpha value is -1.61. The largest absolute Gasteiger partial charge is 0.487 e. The minimum Gasteiger partial charge on any atom is -0.487 e. The van der Waals surface area contributed by atoms with Gasteiger partial charge >= 0.3 is 0 Å². The Labute approximate surface area is 130 Å². The van der Waals surface area contributed by atoms with Crippen molar-refractivity contribution < 1.29 is 4.74 Å². The Morgan fingerprint density at radius 3 is 2.76 bits per heavy atom. The Morgan fingerprint density at radius 2 is 1.95 bits per heavy atom. The van der Waals surface area contributed by atoms with Gasteiger partial charge in [0.1, 0.15) is 11.4 Å². The van der Waals surface area contributed by atoms with Gasteiger partial charge in [-0.2, -0.15) is 0 Å². The van der Waals surface area contributed by atoms with Crippen molar-refractivity contribution in [2.75, 3.05) is 11.6 Å². The molecule has 2 nitrogen and oxygen atoms in total. The van der Waals surface area contributed by atoms with E-state index in [4.69, 9.17) is 4.74 Å². The van der Waals surface area contributed by atoms with Gasteiger partial charge in [0.05, 0.1) is 0 Å². The summed E-state index contributed by atoms with van der Waals surface area (Å²) in [5.74, 6) is 1.07. The number of anilines is 1. The summed E-state index contributed by atoms with van der Waals surface area (Å²) in [7, 11) is 0. The molecule has 0 atom stereocenters. The predicted molar refractivity (Wildman–Crippen MR) is 90.4 cm³/mol. The van der Waals surface area contributed by atoms with Gasteiger partial charge < -0.3 is 10.1 Å². The molecule has 0 saturated heterocycles. The number of rotatable bonds is 4. The Morgan fingerprint density at radius 1 is 1.14 bits per heavy atom. The van der Waals surface area contributed by atoms with Gasteiger partial charge in [-0.05, 0) is 37.8 Å². The van der Waals surface area contributed by atoms with Gasteiger partial charge in [0.15, 0.2) is 0 Å². The van der Waals surface area contributed by atoms with Gasteiger partial charge in [-0.15, -0.1) is 11.8 Å². The molecule has 0 aromatic heterocycles. The second-order valence-corrected chi connectivity index (χ2v) is 6.85. The van der Waals surface area contributed by atoms with E-state index in [0.717, 1.165) is 18.7 Å². The monoisotopic (exact) mass is 299 g/mol. The fourth-order valence-corrected chi connectivity index (χ4v) is 3.37. The molecule has 1 N–H and O–H groups in total. The van der Waals surface area contributed by atoms with Crippen LogP contribution in [0.2, 0.25) is 0 Å². The maximum Gasteiger partial charge on any atom is 0.128 e. The zero-order chi connectivity index (χ0) is 14.9. The van der Waals surface area contributed by atoms with E-state index >= 15 is 0 Å². The summed E-state index contributed by atoms with van der Waals surface area (Å²) >= 11 is 1.76. The first-order valence-electron chi connectivity index (χ1n) is 7.26. The molecule has 2 aromatic rings. The SMILES string of the molecule is CSc1ccccc1NCc1cccc2c1OC(C)(C)C2. The second kappa shape index (κ2) is 5.64. The molecule has 0 spiro atoms. The number of para-hydroxylation sites is 2. The molecule has 0 saturated carbocycles. The highest BCUT2D eigenvalue weighted by Crippen LogP contribution is 2.38. The molecule has 0 amide bonds. The second-order valence-electron chi connectivity index (χ2n) is 6.00. The van der Waals surface area contributed by atoms with Crippen LogP contribution in [-0.2, 0) is 13.0 Å². The minimum absolute atomic E-state index is 0.0877. The van der Waals surface area contributed by atoms with Crippen molar-refractivity contribution in [3.05, 3.63) is 53.6 Å². The molecule has 2 aromatic carbocycles. The molecule has 0 unspecified atom stereocenters. The summed E-state index contributed by atoms with van der Waals surface area (Å²) in [5, 5.41) is 3.54. The highest BCUT2D eigenvalue weighted by atomic mass is 32.2. The molecule has 0 fully saturated rings. The van der Waals surface area contributed by atoms with Crippen molar-refractivity contribution in [3.63, 3.8) is 0 Å². The molecule has 0 radical (unpaired) electrons. The number of fused-ring (bicyclic) bond motifs is 1. The van der Waals surface area contributed by atoms with E-state index in [9.17, 15) is 0 Å². The predicted octanol–water partition coefficient (Wildman–Crippen LogP) is 4.73. The van der Waals surface area contributed by atoms with Crippen LogP contribution >= 0.6 is 11.8 Å². The summed E-state index contributed by atoms with van der Waals surface area (Å²) < 4.78 is 6.13. The van der Waals surface area contributed by atoms with E-state index in [-0.39, 0.29) is 5.60 Å². The third kappa shape index (κ3) is 3.03. The minimum atomic E-state index is -0.0877. The Kier molecular flexibility index (Phi) is 3.85. The normalized spacial score (nSPS) is 15.4. The molecule has 3 rings (SSSR count). The Balaban J connectivity index is 1.80. The van der Waals surface area contributed by atoms with Gasteiger partial charge in [0, 0.05) is 29.1 Å². The number of hydrogen-bond donors (Lipinski definition) is 1. The zero-order valence-corrected chi connectivity index (χ0v) is 13.6. The van der Waals surface area contributed by atoms with E-state index < -0.39 is 0 Å². The third-order valence-corrected chi connectivity index (χ3v) is 4.54. The van der Waals surface area contributed by atoms with Crippen molar-refractivity contribution in [2.24, 2.45) is 0 Å². The lowest BCUT2D eigenvalue weighted by Crippen LogP contribution is -2.25. The summed E-state index contributed by atoms with van der Waals surface area (Å²) in [5.41, 5.74) is 3.64. The van der Waals surface area contributed by atoms with E-state index in [1.54, 1.807) is 11.8 Å². The molecular weight excluding hydrogens is 278 g/mol. The molecule has 1 heterocycles. The van der Waals surface area contributed by atoms with Gasteiger partial charge in [0.2, 0.25) is 0 Å². The lowest BCUT2D eigenvalue weighted by Gasteiger charge is -2.18. The van der Waals surface area contributed by atoms with Crippen molar-refractivity contribution in [1.82, 2.24) is 0 Å². The lowest BCUT2D eigenvalue weighted by molar-refractivity contribution is 0.137. The van der Waals surface area contributed by atoms with E-state index in [1.807, 2.05) is 0 Å². The van der Waals surface area contributed by atoms with Crippen molar-refractivity contribution >= 4 is 17.4 Å². The van der Waals surface area contributed by atoms with Crippen LogP contribution in [-0.4, -0.2) is 11.9 Å². The number of ether oxygens (including phenoxy) is 1. The first-order chi connectivity index (χ1) is 10.1. The molecule has 1 aliphatic heterocycles. The summed E-state index contributed by atoms with van der Waals surface area (Å²) in [6.07, 6.45) is 3.09. The summed E-state index contributed by atoms with van der Waals surface area (Å²) in [6.45, 7) is 5.08. The maximum atomic E-state index is 6.13. The standard InChI is InChI=1S/C18H21NOS/c1-18(2)11-13-7-6-8-14(17(13)20-18)12-19-15-9-4-5-10-16(15)21-3/h4-10,19H,11-12H2,1-3H3. The first-order valence-corrected chi connectivity index (χ1v) is 8.48. The number of benzene rings is 2. The number of hydrogen-bond acceptors (Lipinski definition) is 3. The van der Waals surface area contributed by atoms with E-state index in [2.05, 4.69) is 67.9 Å². The zero-order valence-electron chi connectivity index (χ0n) is 12.8. The molecule has 110 valence electrons. The van der Waals surface area contributed by atoms with E-state index in [0.29, 0.717) is 0 Å². The summed E-state index contributed by atoms with van der Waals surface area (Å²) in [6, 6.07) is 14.8. The highest BCUT2D eigenvalue weighted by molar-refractivity contribution is 7.98. The van der Waals surface area contributed by atoms with E-state index in [1.165, 1.54) is 21.7 Å². The number of nitrogens with one attached hydrogen (secondary N) is 1. The number of thioether (sulfide) groups is 1. The summed E-state index contributed by atoms with van der Waals surface area (Å²) in [4.78, 5) is 1.27. The average molecular weight is 299 g/mol. The average Bonchev–Trinajstić information content (AvgIpc) is 2.79. The molecular formula is C18H21NOS. The van der Waals surface area contributed by atoms with Crippen molar-refractivity contribution in [3.8, 4) is 5.75 Å². The Bertz CT molecular complexity index is 651. The first kappa shape index (κ1) is 14.3. The fourth-order valence-electron chi connectivity index (χ4n) is 2.80. The fraction of sp³-hybridized carbons (Fsp3) is 0.333. The highest BCUT2D eigenvalue weighted by Gasteiger charge is 2.31. The molecule has 1 aliphatic rings. The van der Waals surface area contributed by atoms with Gasteiger partial charge in [0.25, 0.3) is 0 Å². The quantitative estimate of drug-likeness (QED) is 0.824. The smallest absolute Gasteiger partial charge is 0.128 e. The van der Waals surface area contributed by atoms with Crippen LogP contribution in [0.1, 0.15) is 25.0 Å². The van der Waals surface area contributed by atoms with Crippen LogP contribution in [0.4, 0.5) is 5.69 Å². The van der Waals surface area contributed by atoms with Crippen LogP contribution in [0.25, 0.3) is 0 Å². The van der Waals surface area contributed by atoms with Crippen LogP contribution in [0.3, 0.4) is 0 Å². The molecule has 21 heavy (non-hydrogen) atoms. The molecule has 3 heteroatoms. The third-order valence-electron chi connectivity index (χ3n) is 3.75. The topological polar surface area (TPSA) is 21.3 Å².